The van der Waals surface area contributed by atoms with Gasteiger partial charge in [0.1, 0.15) is 5.82 Å². The Kier molecular flexibility index (Phi) is 4.17. The van der Waals surface area contributed by atoms with E-state index in [0.29, 0.717) is 24.1 Å². The molecular formula is C17H19FN2O3. The standard InChI is InChI=1S/C17H19FN2O3/c1-23-10-17(5-2-6-17)9-19-16(22)13-8-15(21)20-14-7-11(18)3-4-12(13)14/h3-4,7-8H,2,5-6,9-10H2,1H3,(H,19,22)(H,20,21). The van der Waals surface area contributed by atoms with Crippen LogP contribution in [0.2, 0.25) is 0 Å². The molecule has 1 aromatic heterocycles. The van der Waals surface area contributed by atoms with Crippen LogP contribution in [-0.2, 0) is 4.74 Å². The fraction of sp³-hybridized carbons (Fsp3) is 0.412. The summed E-state index contributed by atoms with van der Waals surface area (Å²) < 4.78 is 18.5. The average Bonchev–Trinajstić information content (AvgIpc) is 2.48. The number of nitrogens with one attached hydrogen (secondary N) is 2. The van der Waals surface area contributed by atoms with Crippen molar-refractivity contribution < 1.29 is 13.9 Å². The third-order valence-electron chi connectivity index (χ3n) is 4.54. The van der Waals surface area contributed by atoms with Crippen LogP contribution >= 0.6 is 0 Å². The lowest BCUT2D eigenvalue weighted by atomic mass is 9.69. The number of methoxy groups -OCH3 is 1. The molecule has 1 fully saturated rings. The van der Waals surface area contributed by atoms with E-state index in [-0.39, 0.29) is 16.9 Å². The summed E-state index contributed by atoms with van der Waals surface area (Å²) in [6, 6.07) is 5.24. The third-order valence-corrected chi connectivity index (χ3v) is 4.54. The summed E-state index contributed by atoms with van der Waals surface area (Å²) in [5.41, 5.74) is 0.144. The van der Waals surface area contributed by atoms with Crippen LogP contribution in [0, 0.1) is 11.2 Å². The molecule has 23 heavy (non-hydrogen) atoms. The number of halogens is 1. The first kappa shape index (κ1) is 15.7. The monoisotopic (exact) mass is 318 g/mol. The maximum absolute atomic E-state index is 13.3. The van der Waals surface area contributed by atoms with Crippen LogP contribution in [0.15, 0.2) is 29.1 Å². The lowest BCUT2D eigenvalue weighted by Gasteiger charge is -2.41. The highest BCUT2D eigenvalue weighted by Crippen LogP contribution is 2.40. The Morgan fingerprint density at radius 3 is 2.83 bits per heavy atom. The van der Waals surface area contributed by atoms with Crippen LogP contribution in [0.3, 0.4) is 0 Å². The number of carbonyl (C=O) groups excluding carboxylic acids is 1. The van der Waals surface area contributed by atoms with Crippen LogP contribution < -0.4 is 10.9 Å². The Labute approximate surface area is 132 Å². The van der Waals surface area contributed by atoms with Gasteiger partial charge in [-0.25, -0.2) is 4.39 Å². The number of hydrogen-bond acceptors (Lipinski definition) is 3. The number of rotatable bonds is 5. The molecule has 1 aromatic carbocycles. The number of carbonyl (C=O) groups is 1. The Balaban J connectivity index is 1.85. The molecule has 0 saturated heterocycles. The van der Waals surface area contributed by atoms with Gasteiger partial charge in [-0.3, -0.25) is 9.59 Å². The zero-order valence-corrected chi connectivity index (χ0v) is 12.9. The van der Waals surface area contributed by atoms with Crippen LogP contribution in [0.25, 0.3) is 10.9 Å². The predicted molar refractivity (Wildman–Crippen MR) is 85.0 cm³/mol. The van der Waals surface area contributed by atoms with Gasteiger partial charge in [-0.2, -0.15) is 0 Å². The van der Waals surface area contributed by atoms with E-state index in [1.54, 1.807) is 7.11 Å². The molecule has 0 spiro atoms. The summed E-state index contributed by atoms with van der Waals surface area (Å²) in [4.78, 5) is 26.7. The molecule has 1 aliphatic carbocycles. The fourth-order valence-corrected chi connectivity index (χ4v) is 3.14. The number of aromatic nitrogens is 1. The van der Waals surface area contributed by atoms with Gasteiger partial charge in [0.15, 0.2) is 0 Å². The Morgan fingerprint density at radius 2 is 2.17 bits per heavy atom. The number of ether oxygens (including phenoxy) is 1. The van der Waals surface area contributed by atoms with Crippen LogP contribution in [0.1, 0.15) is 29.6 Å². The number of amides is 1. The summed E-state index contributed by atoms with van der Waals surface area (Å²) in [5, 5.41) is 3.42. The number of hydrogen-bond donors (Lipinski definition) is 2. The molecule has 3 rings (SSSR count). The van der Waals surface area contributed by atoms with Crippen molar-refractivity contribution in [3.63, 3.8) is 0 Å². The number of benzene rings is 1. The molecule has 0 unspecified atom stereocenters. The zero-order chi connectivity index (χ0) is 16.4. The Morgan fingerprint density at radius 1 is 1.39 bits per heavy atom. The minimum atomic E-state index is -0.459. The minimum absolute atomic E-state index is 0.00643. The van der Waals surface area contributed by atoms with Gasteiger partial charge in [0, 0.05) is 30.5 Å². The summed E-state index contributed by atoms with van der Waals surface area (Å²) >= 11 is 0. The zero-order valence-electron chi connectivity index (χ0n) is 12.9. The Bertz CT molecular complexity index is 796. The molecular weight excluding hydrogens is 299 g/mol. The van der Waals surface area contributed by atoms with Crippen molar-refractivity contribution in [3.8, 4) is 0 Å². The summed E-state index contributed by atoms with van der Waals surface area (Å²) in [7, 11) is 1.65. The minimum Gasteiger partial charge on any atom is -0.384 e. The second-order valence-electron chi connectivity index (χ2n) is 6.21. The van der Waals surface area contributed by atoms with Crippen LogP contribution in [0.4, 0.5) is 4.39 Å². The van der Waals surface area contributed by atoms with E-state index in [2.05, 4.69) is 10.3 Å². The second kappa shape index (κ2) is 6.12. The van der Waals surface area contributed by atoms with E-state index < -0.39 is 11.4 Å². The molecule has 6 heteroatoms. The Hall–Kier alpha value is -2.21. The van der Waals surface area contributed by atoms with E-state index in [0.717, 1.165) is 19.3 Å². The smallest absolute Gasteiger partial charge is 0.252 e. The van der Waals surface area contributed by atoms with E-state index in [1.807, 2.05) is 0 Å². The molecule has 2 N–H and O–H groups in total. The van der Waals surface area contributed by atoms with Crippen molar-refractivity contribution in [1.29, 1.82) is 0 Å². The van der Waals surface area contributed by atoms with Crippen molar-refractivity contribution in [2.45, 2.75) is 19.3 Å². The highest BCUT2D eigenvalue weighted by atomic mass is 19.1. The molecule has 0 atom stereocenters. The number of H-pyrrole nitrogens is 1. The van der Waals surface area contributed by atoms with Crippen molar-refractivity contribution in [3.05, 3.63) is 46.0 Å². The summed E-state index contributed by atoms with van der Waals surface area (Å²) in [6.07, 6.45) is 3.16. The lowest BCUT2D eigenvalue weighted by molar-refractivity contribution is 0.0180. The lowest BCUT2D eigenvalue weighted by Crippen LogP contribution is -2.45. The van der Waals surface area contributed by atoms with Crippen LogP contribution in [0.5, 0.6) is 0 Å². The van der Waals surface area contributed by atoms with E-state index in [1.165, 1.54) is 24.3 Å². The van der Waals surface area contributed by atoms with Gasteiger partial charge in [0.2, 0.25) is 5.56 Å². The van der Waals surface area contributed by atoms with Gasteiger partial charge in [-0.05, 0) is 31.0 Å². The van der Waals surface area contributed by atoms with Gasteiger partial charge in [0.25, 0.3) is 5.91 Å². The molecule has 0 bridgehead atoms. The van der Waals surface area contributed by atoms with E-state index in [4.69, 9.17) is 4.74 Å². The number of pyridine rings is 1. The van der Waals surface area contributed by atoms with Crippen LogP contribution in [-0.4, -0.2) is 31.2 Å². The first-order valence-electron chi connectivity index (χ1n) is 7.63. The van der Waals surface area contributed by atoms with Crippen molar-refractivity contribution in [2.24, 2.45) is 5.41 Å². The molecule has 2 aromatic rings. The van der Waals surface area contributed by atoms with Gasteiger partial charge >= 0.3 is 0 Å². The quantitative estimate of drug-likeness (QED) is 0.888. The first-order chi connectivity index (χ1) is 11.0. The highest BCUT2D eigenvalue weighted by Gasteiger charge is 2.37. The normalized spacial score (nSPS) is 16.1. The van der Waals surface area contributed by atoms with Gasteiger partial charge in [-0.15, -0.1) is 0 Å². The second-order valence-corrected chi connectivity index (χ2v) is 6.21. The third kappa shape index (κ3) is 3.12. The van der Waals surface area contributed by atoms with Crippen molar-refractivity contribution in [2.75, 3.05) is 20.3 Å². The number of aromatic amines is 1. The average molecular weight is 318 g/mol. The van der Waals surface area contributed by atoms with Gasteiger partial charge < -0.3 is 15.0 Å². The molecule has 1 heterocycles. The SMILES string of the molecule is COCC1(CNC(=O)c2cc(=O)[nH]c3cc(F)ccc23)CCC1. The molecule has 1 amide bonds. The molecule has 0 aliphatic heterocycles. The van der Waals surface area contributed by atoms with Crippen molar-refractivity contribution >= 4 is 16.8 Å². The highest BCUT2D eigenvalue weighted by molar-refractivity contribution is 6.05. The van der Waals surface area contributed by atoms with Gasteiger partial charge in [-0.1, -0.05) is 6.42 Å². The summed E-state index contributed by atoms with van der Waals surface area (Å²) in [6.45, 7) is 1.11. The molecule has 1 aliphatic rings. The fourth-order valence-electron chi connectivity index (χ4n) is 3.14. The van der Waals surface area contributed by atoms with Crippen molar-refractivity contribution in [1.82, 2.24) is 10.3 Å². The maximum atomic E-state index is 13.3. The largest absolute Gasteiger partial charge is 0.384 e. The maximum Gasteiger partial charge on any atom is 0.252 e. The van der Waals surface area contributed by atoms with E-state index in [9.17, 15) is 14.0 Å². The first-order valence-corrected chi connectivity index (χ1v) is 7.63. The molecule has 122 valence electrons. The van der Waals surface area contributed by atoms with E-state index >= 15 is 0 Å². The summed E-state index contributed by atoms with van der Waals surface area (Å²) in [5.74, 6) is -0.783. The predicted octanol–water partition coefficient (Wildman–Crippen LogP) is 2.21. The molecule has 1 saturated carbocycles. The number of fused-ring (bicyclic) bond motifs is 1. The molecule has 5 nitrogen and oxygen atoms in total. The molecule has 0 radical (unpaired) electrons. The topological polar surface area (TPSA) is 71.2 Å². The van der Waals surface area contributed by atoms with Gasteiger partial charge in [0.05, 0.1) is 17.7 Å².